The topological polar surface area (TPSA) is 125 Å². The zero-order chi connectivity index (χ0) is 21.7. The van der Waals surface area contributed by atoms with Gasteiger partial charge >= 0.3 is 12.0 Å². The van der Waals surface area contributed by atoms with Gasteiger partial charge in [-0.3, -0.25) is 19.3 Å². The number of carbonyl (C=O) groups is 4. The summed E-state index contributed by atoms with van der Waals surface area (Å²) in [5.41, 5.74) is 2.02. The molecule has 2 aromatic carbocycles. The van der Waals surface area contributed by atoms with Gasteiger partial charge in [0.25, 0.3) is 11.8 Å². The highest BCUT2D eigenvalue weighted by molar-refractivity contribution is 6.22. The van der Waals surface area contributed by atoms with Crippen molar-refractivity contribution in [3.8, 4) is 0 Å². The van der Waals surface area contributed by atoms with Crippen LogP contribution in [0.15, 0.2) is 42.5 Å². The van der Waals surface area contributed by atoms with Crippen LogP contribution in [0, 0.1) is 0 Å². The maximum absolute atomic E-state index is 12.5. The number of carbonyl (C=O) groups excluding carboxylic acids is 3. The summed E-state index contributed by atoms with van der Waals surface area (Å²) in [5, 5.41) is 14.0. The van der Waals surface area contributed by atoms with Gasteiger partial charge in [-0.05, 0) is 42.3 Å². The maximum Gasteiger partial charge on any atom is 0.323 e. The van der Waals surface area contributed by atoms with Gasteiger partial charge in [0.1, 0.15) is 0 Å². The molecule has 156 valence electrons. The molecule has 0 atom stereocenters. The Morgan fingerprint density at radius 3 is 2.27 bits per heavy atom. The first-order chi connectivity index (χ1) is 14.4. The molecule has 1 aliphatic rings. The minimum absolute atomic E-state index is 0.100. The number of urea groups is 1. The average molecular weight is 411 g/mol. The number of carboxylic acids is 1. The van der Waals surface area contributed by atoms with Crippen molar-refractivity contribution in [1.82, 2.24) is 4.90 Å². The van der Waals surface area contributed by atoms with Crippen molar-refractivity contribution in [2.75, 3.05) is 30.9 Å². The van der Waals surface area contributed by atoms with E-state index < -0.39 is 17.9 Å². The SMILES string of the molecule is COCCCN1C(=O)c2ccc(NC(=O)Nc3ccc(CC(=O)O)cc3)cc2C1=O. The Hall–Kier alpha value is -3.72. The third-order valence-corrected chi connectivity index (χ3v) is 4.53. The van der Waals surface area contributed by atoms with Crippen molar-refractivity contribution in [3.63, 3.8) is 0 Å². The van der Waals surface area contributed by atoms with Crippen LogP contribution in [0.5, 0.6) is 0 Å². The zero-order valence-corrected chi connectivity index (χ0v) is 16.3. The summed E-state index contributed by atoms with van der Waals surface area (Å²) in [6.07, 6.45) is 0.442. The molecule has 1 aliphatic heterocycles. The largest absolute Gasteiger partial charge is 0.481 e. The fourth-order valence-corrected chi connectivity index (χ4v) is 3.11. The number of hydrogen-bond acceptors (Lipinski definition) is 5. The van der Waals surface area contributed by atoms with Crippen LogP contribution in [-0.4, -0.2) is 54.1 Å². The molecule has 0 saturated carbocycles. The van der Waals surface area contributed by atoms with Gasteiger partial charge in [-0.25, -0.2) is 4.79 Å². The molecule has 0 fully saturated rings. The summed E-state index contributed by atoms with van der Waals surface area (Å²) in [7, 11) is 1.55. The van der Waals surface area contributed by atoms with E-state index in [1.54, 1.807) is 37.4 Å². The molecule has 9 nitrogen and oxygen atoms in total. The van der Waals surface area contributed by atoms with Crippen LogP contribution in [0.1, 0.15) is 32.7 Å². The van der Waals surface area contributed by atoms with E-state index in [0.717, 1.165) is 0 Å². The third kappa shape index (κ3) is 4.81. The predicted molar refractivity (Wildman–Crippen MR) is 109 cm³/mol. The van der Waals surface area contributed by atoms with Crippen LogP contribution in [0.25, 0.3) is 0 Å². The summed E-state index contributed by atoms with van der Waals surface area (Å²) in [5.74, 6) is -1.69. The number of hydrogen-bond donors (Lipinski definition) is 3. The van der Waals surface area contributed by atoms with E-state index in [1.165, 1.54) is 17.0 Å². The highest BCUT2D eigenvalue weighted by Gasteiger charge is 2.35. The predicted octanol–water partition coefficient (Wildman–Crippen LogP) is 2.59. The highest BCUT2D eigenvalue weighted by Crippen LogP contribution is 2.26. The Bertz CT molecular complexity index is 987. The number of nitrogens with zero attached hydrogens (tertiary/aromatic N) is 1. The van der Waals surface area contributed by atoms with Crippen LogP contribution in [-0.2, 0) is 16.0 Å². The molecule has 9 heteroatoms. The molecular formula is C21H21N3O6. The maximum atomic E-state index is 12.5. The van der Waals surface area contributed by atoms with Gasteiger partial charge < -0.3 is 20.5 Å². The number of nitrogens with one attached hydrogen (secondary N) is 2. The number of amides is 4. The quantitative estimate of drug-likeness (QED) is 0.453. The first-order valence-electron chi connectivity index (χ1n) is 9.27. The van der Waals surface area contributed by atoms with Crippen LogP contribution >= 0.6 is 0 Å². The van der Waals surface area contributed by atoms with Crippen molar-refractivity contribution in [2.24, 2.45) is 0 Å². The van der Waals surface area contributed by atoms with E-state index in [0.29, 0.717) is 35.5 Å². The van der Waals surface area contributed by atoms with Gasteiger partial charge in [-0.1, -0.05) is 12.1 Å². The summed E-state index contributed by atoms with van der Waals surface area (Å²) < 4.78 is 4.95. The Morgan fingerprint density at radius 2 is 1.60 bits per heavy atom. The van der Waals surface area contributed by atoms with Gasteiger partial charge in [0, 0.05) is 31.6 Å². The molecule has 0 aromatic heterocycles. The Kier molecular flexibility index (Phi) is 6.43. The van der Waals surface area contributed by atoms with Crippen LogP contribution < -0.4 is 10.6 Å². The first-order valence-corrected chi connectivity index (χ1v) is 9.27. The molecule has 0 unspecified atom stereocenters. The number of fused-ring (bicyclic) bond motifs is 1. The lowest BCUT2D eigenvalue weighted by atomic mass is 10.1. The molecule has 1 heterocycles. The normalized spacial score (nSPS) is 12.6. The molecule has 3 N–H and O–H groups in total. The lowest BCUT2D eigenvalue weighted by Gasteiger charge is -2.12. The number of imide groups is 1. The molecule has 2 aromatic rings. The summed E-state index contributed by atoms with van der Waals surface area (Å²) in [6.45, 7) is 0.707. The van der Waals surface area contributed by atoms with Crippen molar-refractivity contribution in [1.29, 1.82) is 0 Å². The number of methoxy groups -OCH3 is 1. The van der Waals surface area contributed by atoms with Crippen molar-refractivity contribution in [2.45, 2.75) is 12.8 Å². The molecule has 0 bridgehead atoms. The molecule has 0 spiro atoms. The number of aliphatic carboxylic acids is 1. The smallest absolute Gasteiger partial charge is 0.323 e. The van der Waals surface area contributed by atoms with E-state index in [9.17, 15) is 19.2 Å². The van der Waals surface area contributed by atoms with Crippen molar-refractivity contribution < 1.29 is 29.0 Å². The standard InChI is InChI=1S/C21H21N3O6/c1-30-10-2-9-24-19(27)16-8-7-15(12-17(16)20(24)28)23-21(29)22-14-5-3-13(4-6-14)11-18(25)26/h3-8,12H,2,9-11H2,1H3,(H,25,26)(H2,22,23,29). The molecular weight excluding hydrogens is 390 g/mol. The molecule has 0 saturated heterocycles. The lowest BCUT2D eigenvalue weighted by molar-refractivity contribution is -0.136. The molecule has 0 radical (unpaired) electrons. The first kappa shape index (κ1) is 21.0. The van der Waals surface area contributed by atoms with Gasteiger partial charge in [0.15, 0.2) is 0 Å². The Labute approximate surface area is 172 Å². The Balaban J connectivity index is 1.63. The molecule has 0 aliphatic carbocycles. The van der Waals surface area contributed by atoms with Gasteiger partial charge in [0.2, 0.25) is 0 Å². The summed E-state index contributed by atoms with van der Waals surface area (Å²) in [4.78, 5) is 49.1. The van der Waals surface area contributed by atoms with E-state index in [2.05, 4.69) is 10.6 Å². The van der Waals surface area contributed by atoms with Gasteiger partial charge in [-0.2, -0.15) is 0 Å². The van der Waals surface area contributed by atoms with Crippen molar-refractivity contribution in [3.05, 3.63) is 59.2 Å². The van der Waals surface area contributed by atoms with Crippen LogP contribution in [0.2, 0.25) is 0 Å². The molecule has 4 amide bonds. The second kappa shape index (κ2) is 9.19. The number of benzene rings is 2. The lowest BCUT2D eigenvalue weighted by Crippen LogP contribution is -2.31. The highest BCUT2D eigenvalue weighted by atomic mass is 16.5. The van der Waals surface area contributed by atoms with Crippen molar-refractivity contribution >= 4 is 35.2 Å². The monoisotopic (exact) mass is 411 g/mol. The summed E-state index contributed by atoms with van der Waals surface area (Å²) >= 11 is 0. The van der Waals surface area contributed by atoms with E-state index in [1.807, 2.05) is 0 Å². The van der Waals surface area contributed by atoms with E-state index in [-0.39, 0.29) is 24.4 Å². The molecule has 30 heavy (non-hydrogen) atoms. The number of ether oxygens (including phenoxy) is 1. The fraction of sp³-hybridized carbons (Fsp3) is 0.238. The average Bonchev–Trinajstić information content (AvgIpc) is 2.93. The fourth-order valence-electron chi connectivity index (χ4n) is 3.11. The van der Waals surface area contributed by atoms with E-state index >= 15 is 0 Å². The number of carboxylic acid groups (broad SMARTS) is 1. The second-order valence-corrected chi connectivity index (χ2v) is 6.72. The van der Waals surface area contributed by atoms with Crippen LogP contribution in [0.3, 0.4) is 0 Å². The van der Waals surface area contributed by atoms with Crippen LogP contribution in [0.4, 0.5) is 16.2 Å². The van der Waals surface area contributed by atoms with Gasteiger partial charge in [0.05, 0.1) is 17.5 Å². The number of rotatable bonds is 8. The molecule has 3 rings (SSSR count). The Morgan fingerprint density at radius 1 is 0.967 bits per heavy atom. The third-order valence-electron chi connectivity index (χ3n) is 4.53. The minimum atomic E-state index is -0.935. The minimum Gasteiger partial charge on any atom is -0.481 e. The zero-order valence-electron chi connectivity index (χ0n) is 16.3. The second-order valence-electron chi connectivity index (χ2n) is 6.72. The van der Waals surface area contributed by atoms with Gasteiger partial charge in [-0.15, -0.1) is 0 Å². The summed E-state index contributed by atoms with van der Waals surface area (Å²) in [6, 6.07) is 10.4. The number of anilines is 2. The van der Waals surface area contributed by atoms with E-state index in [4.69, 9.17) is 9.84 Å².